The minimum Gasteiger partial charge on any atom is -0.393 e. The van der Waals surface area contributed by atoms with Gasteiger partial charge in [-0.15, -0.1) is 6.58 Å². The van der Waals surface area contributed by atoms with Gasteiger partial charge in [0.2, 0.25) is 0 Å². The lowest BCUT2D eigenvalue weighted by molar-refractivity contribution is 0.164. The second-order valence-corrected chi connectivity index (χ2v) is 6.92. The maximum Gasteiger partial charge on any atom is 0.0574 e. The molecule has 22 heavy (non-hydrogen) atoms. The zero-order valence-corrected chi connectivity index (χ0v) is 15.3. The van der Waals surface area contributed by atoms with E-state index in [1.165, 1.54) is 96.3 Å². The summed E-state index contributed by atoms with van der Waals surface area (Å²) in [6.45, 7) is 5.95. The van der Waals surface area contributed by atoms with Gasteiger partial charge in [0, 0.05) is 0 Å². The van der Waals surface area contributed by atoms with Gasteiger partial charge in [0.1, 0.15) is 0 Å². The van der Waals surface area contributed by atoms with Crippen molar-refractivity contribution in [3.63, 3.8) is 0 Å². The van der Waals surface area contributed by atoms with Crippen LogP contribution in [-0.4, -0.2) is 11.2 Å². The molecule has 0 saturated carbocycles. The summed E-state index contributed by atoms with van der Waals surface area (Å²) in [6.07, 6.45) is 24.3. The summed E-state index contributed by atoms with van der Waals surface area (Å²) in [6, 6.07) is 0. The van der Waals surface area contributed by atoms with E-state index in [9.17, 15) is 5.11 Å². The van der Waals surface area contributed by atoms with Crippen LogP contribution in [0.25, 0.3) is 0 Å². The molecular weight excluding hydrogens is 268 g/mol. The van der Waals surface area contributed by atoms with E-state index in [2.05, 4.69) is 13.5 Å². The van der Waals surface area contributed by atoms with Gasteiger partial charge < -0.3 is 5.11 Å². The summed E-state index contributed by atoms with van der Waals surface area (Å²) in [5, 5.41) is 9.58. The Morgan fingerprint density at radius 3 is 1.41 bits per heavy atom. The highest BCUT2D eigenvalue weighted by atomic mass is 16.3. The summed E-state index contributed by atoms with van der Waals surface area (Å²) in [5.41, 5.74) is 0. The van der Waals surface area contributed by atoms with Crippen molar-refractivity contribution < 1.29 is 5.11 Å². The van der Waals surface area contributed by atoms with Gasteiger partial charge in [-0.3, -0.25) is 0 Å². The van der Waals surface area contributed by atoms with E-state index in [-0.39, 0.29) is 6.10 Å². The molecule has 0 spiro atoms. The Morgan fingerprint density at radius 1 is 0.682 bits per heavy atom. The molecule has 0 rings (SSSR count). The molecule has 0 aliphatic carbocycles. The second-order valence-electron chi connectivity index (χ2n) is 6.92. The first-order chi connectivity index (χ1) is 10.8. The van der Waals surface area contributed by atoms with Gasteiger partial charge in [0.25, 0.3) is 0 Å². The molecule has 132 valence electrons. The van der Waals surface area contributed by atoms with Crippen LogP contribution in [0.3, 0.4) is 0 Å². The van der Waals surface area contributed by atoms with Crippen LogP contribution in [0.4, 0.5) is 0 Å². The molecule has 0 saturated heterocycles. The fourth-order valence-electron chi connectivity index (χ4n) is 3.06. The van der Waals surface area contributed by atoms with Gasteiger partial charge in [0.15, 0.2) is 0 Å². The topological polar surface area (TPSA) is 20.2 Å². The monoisotopic (exact) mass is 310 g/mol. The van der Waals surface area contributed by atoms with E-state index in [0.717, 1.165) is 12.8 Å². The highest BCUT2D eigenvalue weighted by Gasteiger charge is 2.00. The summed E-state index contributed by atoms with van der Waals surface area (Å²) in [7, 11) is 0. The second kappa shape index (κ2) is 18.7. The molecule has 1 heteroatoms. The number of hydrogen-bond donors (Lipinski definition) is 1. The van der Waals surface area contributed by atoms with E-state index >= 15 is 0 Å². The Labute approximate surface area is 140 Å². The highest BCUT2D eigenvalue weighted by Crippen LogP contribution is 2.14. The van der Waals surface area contributed by atoms with Crippen molar-refractivity contribution >= 4 is 0 Å². The predicted molar refractivity (Wildman–Crippen MR) is 100 cm³/mol. The number of rotatable bonds is 18. The molecule has 0 aromatic rings. The maximum absolute atomic E-state index is 9.58. The normalized spacial score (nSPS) is 12.5. The SMILES string of the molecule is C=CC[C@H](O)CCCCCCCCCCCCCCCCC. The summed E-state index contributed by atoms with van der Waals surface area (Å²) in [4.78, 5) is 0. The zero-order valence-electron chi connectivity index (χ0n) is 15.3. The minimum atomic E-state index is -0.153. The maximum atomic E-state index is 9.58. The van der Waals surface area contributed by atoms with Gasteiger partial charge in [-0.1, -0.05) is 109 Å². The molecule has 0 amide bonds. The fraction of sp³-hybridized carbons (Fsp3) is 0.905. The molecule has 0 aromatic heterocycles. The van der Waals surface area contributed by atoms with Crippen molar-refractivity contribution in [2.24, 2.45) is 0 Å². The van der Waals surface area contributed by atoms with E-state index in [1.807, 2.05) is 6.08 Å². The largest absolute Gasteiger partial charge is 0.393 e. The Morgan fingerprint density at radius 2 is 1.05 bits per heavy atom. The van der Waals surface area contributed by atoms with Crippen molar-refractivity contribution in [2.45, 2.75) is 122 Å². The lowest BCUT2D eigenvalue weighted by Gasteiger charge is -2.07. The summed E-state index contributed by atoms with van der Waals surface area (Å²) >= 11 is 0. The highest BCUT2D eigenvalue weighted by molar-refractivity contribution is 4.71. The third kappa shape index (κ3) is 17.8. The zero-order chi connectivity index (χ0) is 16.3. The molecule has 1 atom stereocenters. The van der Waals surface area contributed by atoms with Crippen molar-refractivity contribution in [3.8, 4) is 0 Å². The van der Waals surface area contributed by atoms with Gasteiger partial charge in [-0.05, 0) is 12.8 Å². The Bertz CT molecular complexity index is 212. The molecule has 0 radical (unpaired) electrons. The quantitative estimate of drug-likeness (QED) is 0.210. The molecular formula is C21H42O. The van der Waals surface area contributed by atoms with Crippen LogP contribution in [0.5, 0.6) is 0 Å². The van der Waals surface area contributed by atoms with Gasteiger partial charge >= 0.3 is 0 Å². The molecule has 0 fully saturated rings. The average molecular weight is 311 g/mol. The molecule has 0 aliphatic heterocycles. The van der Waals surface area contributed by atoms with E-state index in [4.69, 9.17) is 0 Å². The van der Waals surface area contributed by atoms with Gasteiger partial charge in [0.05, 0.1) is 6.10 Å². The van der Waals surface area contributed by atoms with Crippen LogP contribution in [0.15, 0.2) is 12.7 Å². The lowest BCUT2D eigenvalue weighted by Crippen LogP contribution is -2.03. The van der Waals surface area contributed by atoms with Gasteiger partial charge in [-0.25, -0.2) is 0 Å². The van der Waals surface area contributed by atoms with E-state index in [0.29, 0.717) is 0 Å². The van der Waals surface area contributed by atoms with Crippen molar-refractivity contribution in [1.29, 1.82) is 0 Å². The smallest absolute Gasteiger partial charge is 0.0574 e. The van der Waals surface area contributed by atoms with E-state index < -0.39 is 0 Å². The first-order valence-corrected chi connectivity index (χ1v) is 10.1. The predicted octanol–water partition coefficient (Wildman–Crippen LogP) is 7.18. The summed E-state index contributed by atoms with van der Waals surface area (Å²) in [5.74, 6) is 0. The number of aliphatic hydroxyl groups excluding tert-OH is 1. The Kier molecular flexibility index (Phi) is 18.5. The van der Waals surface area contributed by atoms with Crippen LogP contribution in [0, 0.1) is 0 Å². The van der Waals surface area contributed by atoms with Crippen molar-refractivity contribution in [2.75, 3.05) is 0 Å². The third-order valence-electron chi connectivity index (χ3n) is 4.58. The number of hydrogen-bond acceptors (Lipinski definition) is 1. The summed E-state index contributed by atoms with van der Waals surface area (Å²) < 4.78 is 0. The first-order valence-electron chi connectivity index (χ1n) is 10.1. The van der Waals surface area contributed by atoms with Crippen molar-refractivity contribution in [3.05, 3.63) is 12.7 Å². The van der Waals surface area contributed by atoms with Crippen LogP contribution in [0.2, 0.25) is 0 Å². The lowest BCUT2D eigenvalue weighted by atomic mass is 10.0. The molecule has 0 heterocycles. The fourth-order valence-corrected chi connectivity index (χ4v) is 3.06. The molecule has 1 nitrogen and oxygen atoms in total. The first kappa shape index (κ1) is 21.7. The van der Waals surface area contributed by atoms with Crippen LogP contribution in [-0.2, 0) is 0 Å². The molecule has 0 aromatic carbocycles. The van der Waals surface area contributed by atoms with Crippen molar-refractivity contribution in [1.82, 2.24) is 0 Å². The molecule has 0 aliphatic rings. The van der Waals surface area contributed by atoms with Gasteiger partial charge in [-0.2, -0.15) is 0 Å². The average Bonchev–Trinajstić information content (AvgIpc) is 2.51. The van der Waals surface area contributed by atoms with Crippen LogP contribution in [0.1, 0.15) is 116 Å². The minimum absolute atomic E-state index is 0.153. The number of unbranched alkanes of at least 4 members (excludes halogenated alkanes) is 14. The standard InChI is InChI=1S/C21H42O/c1-3-5-6-7-8-9-10-11-12-13-14-15-16-17-18-20-21(22)19-4-2/h4,21-22H,2-3,5-20H2,1H3/t21-/m0/s1. The van der Waals surface area contributed by atoms with Crippen LogP contribution < -0.4 is 0 Å². The van der Waals surface area contributed by atoms with Crippen LogP contribution >= 0.6 is 0 Å². The number of aliphatic hydroxyl groups is 1. The Hall–Kier alpha value is -0.300. The molecule has 0 bridgehead atoms. The molecule has 0 unspecified atom stereocenters. The Balaban J connectivity index is 3.01. The third-order valence-corrected chi connectivity index (χ3v) is 4.58. The molecule has 1 N–H and O–H groups in total. The van der Waals surface area contributed by atoms with E-state index in [1.54, 1.807) is 0 Å².